The van der Waals surface area contributed by atoms with Crippen LogP contribution in [-0.4, -0.2) is 141 Å². The van der Waals surface area contributed by atoms with Gasteiger partial charge in [-0.1, -0.05) is 194 Å². The van der Waals surface area contributed by atoms with Crippen LogP contribution in [0.3, 0.4) is 0 Å². The van der Waals surface area contributed by atoms with Crippen molar-refractivity contribution in [1.29, 1.82) is 0 Å². The Hall–Kier alpha value is -12.1. The molecular weight excluding hydrogens is 1570 g/mol. The number of aliphatic carboxylic acids is 8. The first-order valence-electron chi connectivity index (χ1n) is 42.3. The number of carboxylic acid groups (broad SMARTS) is 8. The Bertz CT molecular complexity index is 4070. The minimum atomic E-state index is -0.962. The fourth-order valence-corrected chi connectivity index (χ4v) is 10.4. The summed E-state index contributed by atoms with van der Waals surface area (Å²) < 4.78 is 43.2. The van der Waals surface area contributed by atoms with E-state index in [0.29, 0.717) is 63.6 Å². The average Bonchev–Trinajstić information content (AvgIpc) is 0.983. The topological polar surface area (TPSA) is 372 Å². The Kier molecular flexibility index (Phi) is 63.4. The first kappa shape index (κ1) is 109. The highest BCUT2D eigenvalue weighted by atomic mass is 16.5. The van der Waals surface area contributed by atoms with Gasteiger partial charge in [0.25, 0.3) is 0 Å². The number of hydrogen-bond donors (Lipinski definition) is 8. The average molecular weight is 1710 g/mol. The van der Waals surface area contributed by atoms with Crippen LogP contribution in [0.25, 0.3) is 0 Å². The number of carbonyl (C=O) groups is 8. The third-order valence-electron chi connectivity index (χ3n) is 17.4. The molecule has 0 spiro atoms. The minimum absolute atomic E-state index is 0.0356. The van der Waals surface area contributed by atoms with E-state index in [9.17, 15) is 38.4 Å². The molecule has 0 unspecified atom stereocenters. The van der Waals surface area contributed by atoms with Crippen molar-refractivity contribution in [3.8, 4) is 46.0 Å². The first-order chi connectivity index (χ1) is 59.0. The van der Waals surface area contributed by atoms with E-state index in [-0.39, 0.29) is 45.3 Å². The molecule has 0 aromatic heterocycles. The molecule has 8 aromatic rings. The number of unbranched alkanes of at least 4 members (excludes halogenated alkanes) is 14. The van der Waals surface area contributed by atoms with Gasteiger partial charge in [-0.05, 0) is 229 Å². The zero-order chi connectivity index (χ0) is 90.9. The summed E-state index contributed by atoms with van der Waals surface area (Å²) in [5.41, 5.74) is 9.53. The Morgan fingerprint density at radius 1 is 0.179 bits per heavy atom. The highest BCUT2D eigenvalue weighted by molar-refractivity contribution is 5.69. The number of ether oxygens (including phenoxy) is 8. The maximum atomic E-state index is 10.3. The predicted octanol–water partition coefficient (Wildman–Crippen LogP) is 22.2. The van der Waals surface area contributed by atoms with Gasteiger partial charge in [-0.15, -0.1) is 0 Å². The standard InChI is InChI=1S/C16H24O3.C15H22O3.C14H20O3.C13H18O3.2C11H14O3.C10H12O3.C9H10O3/c1-14-9-11-15(12-10-14)19-13-7-5-3-2-4-6-8-16(17)18;1-13-8-10-14(11-9-13)18-12-6-4-2-3-5-7-15(16)17;1-12-7-9-13(10-8-12)17-11-5-3-2-4-6-14(15)16;1-11-6-8-12(9-7-11)16-10-4-2-3-5-13(14)15;1-9-4-2-5-10(8-9)14-7-3-6-11(12)13;1-9-4-6-10(7-5-9)14-8-2-3-11(12)13;1-8-2-4-9(5-3-8)13-7-6-10(11)12;1-7-2-4-8(5-3-7)12-6-9(10)11/h9-12H,2-8,13H2,1H3,(H,17,18);8-11H,2-7,12H2,1H3,(H,16,17);7-10H,2-6,11H2,1H3,(H,15,16);6-9H,2-5,10H2,1H3,(H,14,15);2,4-5,8H,3,6-7H2,1H3,(H,12,13);4-7H,2-3,8H2,1H3,(H,12,13);2-5H,6-7H2,1H3,(H,11,12);2-5H,6H2,1H3,(H,10,11). The number of benzene rings is 8. The van der Waals surface area contributed by atoms with Gasteiger partial charge in [0.15, 0.2) is 6.61 Å². The van der Waals surface area contributed by atoms with Gasteiger partial charge in [0, 0.05) is 38.5 Å². The first-order valence-corrected chi connectivity index (χ1v) is 42.3. The zero-order valence-electron chi connectivity index (χ0n) is 73.3. The molecule has 24 heteroatoms. The highest BCUT2D eigenvalue weighted by Gasteiger charge is 2.06. The van der Waals surface area contributed by atoms with E-state index in [2.05, 4.69) is 26.0 Å². The normalized spacial score (nSPS) is 9.98. The van der Waals surface area contributed by atoms with Crippen molar-refractivity contribution in [3.63, 3.8) is 0 Å². The van der Waals surface area contributed by atoms with E-state index in [1.165, 1.54) is 27.8 Å². The van der Waals surface area contributed by atoms with E-state index in [0.717, 1.165) is 180 Å². The van der Waals surface area contributed by atoms with Crippen molar-refractivity contribution >= 4 is 47.8 Å². The summed E-state index contributed by atoms with van der Waals surface area (Å²) in [5.74, 6) is 0.359. The molecule has 0 atom stereocenters. The molecule has 0 fully saturated rings. The van der Waals surface area contributed by atoms with Gasteiger partial charge in [0.05, 0.1) is 52.7 Å². The van der Waals surface area contributed by atoms with Crippen LogP contribution in [0.2, 0.25) is 0 Å². The highest BCUT2D eigenvalue weighted by Crippen LogP contribution is 2.20. The molecule has 123 heavy (non-hydrogen) atoms. The summed E-state index contributed by atoms with van der Waals surface area (Å²) in [4.78, 5) is 81.8. The van der Waals surface area contributed by atoms with Crippen LogP contribution >= 0.6 is 0 Å². The molecule has 0 saturated carbocycles. The Morgan fingerprint density at radius 2 is 0.366 bits per heavy atom. The summed E-state index contributed by atoms with van der Waals surface area (Å²) in [6.07, 6.45) is 20.2. The van der Waals surface area contributed by atoms with E-state index in [1.807, 2.05) is 211 Å². The second-order valence-electron chi connectivity index (χ2n) is 29.2. The predicted molar refractivity (Wildman–Crippen MR) is 479 cm³/mol. The summed E-state index contributed by atoms with van der Waals surface area (Å²) in [6.45, 7) is 19.9. The maximum Gasteiger partial charge on any atom is 0.341 e. The van der Waals surface area contributed by atoms with Gasteiger partial charge >= 0.3 is 47.8 Å². The van der Waals surface area contributed by atoms with E-state index < -0.39 is 47.8 Å². The maximum absolute atomic E-state index is 10.3. The third kappa shape index (κ3) is 70.3. The molecule has 674 valence electrons. The quantitative estimate of drug-likeness (QED) is 0.0164. The Morgan fingerprint density at radius 3 is 0.593 bits per heavy atom. The lowest BCUT2D eigenvalue weighted by atomic mass is 10.1. The largest absolute Gasteiger partial charge is 0.494 e. The fourth-order valence-electron chi connectivity index (χ4n) is 10.4. The van der Waals surface area contributed by atoms with Gasteiger partial charge in [-0.3, -0.25) is 33.6 Å². The van der Waals surface area contributed by atoms with Crippen LogP contribution in [0.4, 0.5) is 0 Å². The lowest BCUT2D eigenvalue weighted by Crippen LogP contribution is -2.09. The lowest BCUT2D eigenvalue weighted by molar-refractivity contribution is -0.140. The molecule has 8 rings (SSSR count). The fraction of sp³-hybridized carbons (Fsp3) is 0.434. The van der Waals surface area contributed by atoms with Crippen molar-refractivity contribution in [2.24, 2.45) is 0 Å². The molecule has 0 amide bonds. The summed E-state index contributed by atoms with van der Waals surface area (Å²) in [7, 11) is 0. The monoisotopic (exact) mass is 1710 g/mol. The van der Waals surface area contributed by atoms with Crippen LogP contribution in [-0.2, 0) is 38.4 Å². The SMILES string of the molecule is Cc1ccc(OCC(=O)O)cc1.Cc1ccc(OCCC(=O)O)cc1.Cc1ccc(OCCCC(=O)O)cc1.Cc1ccc(OCCCCCC(=O)O)cc1.Cc1ccc(OCCCCCCC(=O)O)cc1.Cc1ccc(OCCCCCCCC(=O)O)cc1.Cc1ccc(OCCCCCCCCC(=O)O)cc1.Cc1cccc(OCCCC(=O)O)c1. The van der Waals surface area contributed by atoms with Gasteiger partial charge in [-0.2, -0.15) is 0 Å². The summed E-state index contributed by atoms with van der Waals surface area (Å²) in [5, 5.41) is 67.3. The van der Waals surface area contributed by atoms with Crippen molar-refractivity contribution in [2.45, 2.75) is 229 Å². The number of aryl methyl sites for hydroxylation is 8. The number of hydrogen-bond acceptors (Lipinski definition) is 16. The van der Waals surface area contributed by atoms with Gasteiger partial charge in [-0.25, -0.2) is 4.79 Å². The van der Waals surface area contributed by atoms with Crippen molar-refractivity contribution in [3.05, 3.63) is 239 Å². The van der Waals surface area contributed by atoms with E-state index in [4.69, 9.17) is 78.7 Å². The smallest absolute Gasteiger partial charge is 0.341 e. The van der Waals surface area contributed by atoms with Crippen LogP contribution in [0.5, 0.6) is 46.0 Å². The van der Waals surface area contributed by atoms with Gasteiger partial charge < -0.3 is 78.7 Å². The van der Waals surface area contributed by atoms with Crippen LogP contribution in [0.1, 0.15) is 218 Å². The molecule has 0 saturated heterocycles. The molecule has 0 aliphatic carbocycles. The summed E-state index contributed by atoms with van der Waals surface area (Å²) in [6, 6.07) is 62.3. The van der Waals surface area contributed by atoms with Crippen LogP contribution in [0, 0.1) is 55.4 Å². The molecule has 0 heterocycles. The Labute approximate surface area is 727 Å². The molecule has 0 radical (unpaired) electrons. The third-order valence-corrected chi connectivity index (χ3v) is 17.4. The lowest BCUT2D eigenvalue weighted by Gasteiger charge is -2.06. The summed E-state index contributed by atoms with van der Waals surface area (Å²) >= 11 is 0. The van der Waals surface area contributed by atoms with Gasteiger partial charge in [0.2, 0.25) is 0 Å². The van der Waals surface area contributed by atoms with E-state index >= 15 is 0 Å². The molecule has 0 aliphatic heterocycles. The number of carboxylic acids is 8. The number of rotatable bonds is 51. The Balaban J connectivity index is 0.000000706. The minimum Gasteiger partial charge on any atom is -0.494 e. The molecule has 8 aromatic carbocycles. The van der Waals surface area contributed by atoms with Crippen molar-refractivity contribution in [1.82, 2.24) is 0 Å². The van der Waals surface area contributed by atoms with Gasteiger partial charge in [0.1, 0.15) is 46.0 Å². The zero-order valence-corrected chi connectivity index (χ0v) is 73.3. The molecule has 8 N–H and O–H groups in total. The molecule has 0 bridgehead atoms. The molecular formula is C99H134O24. The molecule has 0 aliphatic rings. The molecule has 24 nitrogen and oxygen atoms in total. The second kappa shape index (κ2) is 71.6. The van der Waals surface area contributed by atoms with Crippen molar-refractivity contribution < 1.29 is 117 Å². The van der Waals surface area contributed by atoms with Crippen LogP contribution < -0.4 is 37.9 Å². The second-order valence-corrected chi connectivity index (χ2v) is 29.2. The van der Waals surface area contributed by atoms with E-state index in [1.54, 1.807) is 12.1 Å². The van der Waals surface area contributed by atoms with Crippen LogP contribution in [0.15, 0.2) is 194 Å². The van der Waals surface area contributed by atoms with Crippen molar-refractivity contribution in [2.75, 3.05) is 52.9 Å².